The largest absolute Gasteiger partial charge is 0.327 e. The maximum atomic E-state index is 6.15. The van der Waals surface area contributed by atoms with E-state index in [-0.39, 0.29) is 0 Å². The molecule has 2 aliphatic rings. The zero-order valence-electron chi connectivity index (χ0n) is 11.7. The van der Waals surface area contributed by atoms with E-state index in [2.05, 4.69) is 30.6 Å². The van der Waals surface area contributed by atoms with Crippen LogP contribution in [0.25, 0.3) is 0 Å². The summed E-state index contributed by atoms with van der Waals surface area (Å²) in [5.41, 5.74) is 6.15. The minimum absolute atomic E-state index is 0.365. The van der Waals surface area contributed by atoms with Gasteiger partial charge in [-0.15, -0.1) is 0 Å². The first-order chi connectivity index (χ1) is 8.08. The fraction of sp³-hybridized carbons (Fsp3) is 1.00. The second-order valence-corrected chi connectivity index (χ2v) is 6.33. The first kappa shape index (κ1) is 13.3. The Morgan fingerprint density at radius 1 is 1.29 bits per heavy atom. The van der Waals surface area contributed by atoms with E-state index in [9.17, 15) is 0 Å². The third-order valence-corrected chi connectivity index (χ3v) is 4.67. The van der Waals surface area contributed by atoms with Crippen molar-refractivity contribution in [2.24, 2.45) is 11.7 Å². The lowest BCUT2D eigenvalue weighted by Crippen LogP contribution is -2.55. The lowest BCUT2D eigenvalue weighted by atomic mass is 10.0. The minimum atomic E-state index is 0.365. The summed E-state index contributed by atoms with van der Waals surface area (Å²) in [6.07, 6.45) is 3.95. The average molecular weight is 239 g/mol. The monoisotopic (exact) mass is 239 g/mol. The van der Waals surface area contributed by atoms with Crippen LogP contribution in [0.3, 0.4) is 0 Å². The molecule has 0 radical (unpaired) electrons. The molecule has 2 heterocycles. The van der Waals surface area contributed by atoms with Gasteiger partial charge in [0.15, 0.2) is 0 Å². The molecule has 2 fully saturated rings. The van der Waals surface area contributed by atoms with Crippen LogP contribution >= 0.6 is 0 Å². The Kier molecular flexibility index (Phi) is 4.45. The van der Waals surface area contributed by atoms with Gasteiger partial charge in [-0.05, 0) is 38.6 Å². The predicted molar refractivity (Wildman–Crippen MR) is 73.1 cm³/mol. The predicted octanol–water partition coefficient (Wildman–Crippen LogP) is 1.53. The Balaban J connectivity index is 1.80. The molecule has 2 rings (SSSR count). The fourth-order valence-corrected chi connectivity index (χ4v) is 3.21. The van der Waals surface area contributed by atoms with E-state index in [0.717, 1.165) is 12.5 Å². The van der Waals surface area contributed by atoms with Crippen LogP contribution in [0.4, 0.5) is 0 Å². The van der Waals surface area contributed by atoms with E-state index < -0.39 is 0 Å². The van der Waals surface area contributed by atoms with Crippen LogP contribution in [0.2, 0.25) is 0 Å². The van der Waals surface area contributed by atoms with Crippen molar-refractivity contribution < 1.29 is 0 Å². The number of nitrogens with two attached hydrogens (primary N) is 1. The van der Waals surface area contributed by atoms with Crippen molar-refractivity contribution in [1.82, 2.24) is 9.80 Å². The van der Waals surface area contributed by atoms with Crippen molar-refractivity contribution in [2.75, 3.05) is 26.2 Å². The number of piperazine rings is 1. The highest BCUT2D eigenvalue weighted by atomic mass is 15.3. The SMILES string of the molecule is CC(C)C(N)CCN1CC2CCCN2CC1C. The van der Waals surface area contributed by atoms with E-state index >= 15 is 0 Å². The standard InChI is InChI=1S/C14H29N3/c1-11(2)14(15)6-8-16-10-13-5-4-7-17(13)9-12(16)3/h11-14H,4-10,15H2,1-3H3. The third kappa shape index (κ3) is 3.21. The van der Waals surface area contributed by atoms with Gasteiger partial charge in [0.1, 0.15) is 0 Å². The number of hydrogen-bond acceptors (Lipinski definition) is 3. The number of nitrogens with zero attached hydrogens (tertiary/aromatic N) is 2. The smallest absolute Gasteiger partial charge is 0.0224 e. The highest BCUT2D eigenvalue weighted by Gasteiger charge is 2.34. The van der Waals surface area contributed by atoms with Crippen LogP contribution in [0.1, 0.15) is 40.0 Å². The van der Waals surface area contributed by atoms with Crippen LogP contribution < -0.4 is 5.73 Å². The highest BCUT2D eigenvalue weighted by molar-refractivity contribution is 4.90. The molecule has 0 amide bonds. The first-order valence-corrected chi connectivity index (χ1v) is 7.31. The Morgan fingerprint density at radius 3 is 2.76 bits per heavy atom. The van der Waals surface area contributed by atoms with E-state index in [1.165, 1.54) is 39.0 Å². The van der Waals surface area contributed by atoms with E-state index in [0.29, 0.717) is 18.0 Å². The molecule has 0 aromatic heterocycles. The molecule has 100 valence electrons. The molecule has 0 aromatic carbocycles. The Hall–Kier alpha value is -0.120. The van der Waals surface area contributed by atoms with E-state index in [1.807, 2.05) is 0 Å². The van der Waals surface area contributed by atoms with Gasteiger partial charge in [-0.2, -0.15) is 0 Å². The lowest BCUT2D eigenvalue weighted by molar-refractivity contribution is 0.0566. The molecular weight excluding hydrogens is 210 g/mol. The zero-order valence-corrected chi connectivity index (χ0v) is 11.7. The molecule has 3 unspecified atom stereocenters. The molecule has 3 nitrogen and oxygen atoms in total. The molecular formula is C14H29N3. The summed E-state index contributed by atoms with van der Waals surface area (Å²) in [4.78, 5) is 5.35. The lowest BCUT2D eigenvalue weighted by Gasteiger charge is -2.42. The fourth-order valence-electron chi connectivity index (χ4n) is 3.21. The summed E-state index contributed by atoms with van der Waals surface area (Å²) in [6, 6.07) is 1.91. The maximum Gasteiger partial charge on any atom is 0.0224 e. The summed E-state index contributed by atoms with van der Waals surface area (Å²) in [5.74, 6) is 0.609. The third-order valence-electron chi connectivity index (χ3n) is 4.67. The second kappa shape index (κ2) is 5.68. The van der Waals surface area contributed by atoms with Crippen LogP contribution in [-0.4, -0.2) is 54.1 Å². The molecule has 17 heavy (non-hydrogen) atoms. The quantitative estimate of drug-likeness (QED) is 0.807. The molecule has 0 saturated carbocycles. The Bertz CT molecular complexity index is 242. The number of fused-ring (bicyclic) bond motifs is 1. The molecule has 2 aliphatic heterocycles. The van der Waals surface area contributed by atoms with Crippen molar-refractivity contribution in [3.05, 3.63) is 0 Å². The van der Waals surface area contributed by atoms with Crippen LogP contribution in [-0.2, 0) is 0 Å². The van der Waals surface area contributed by atoms with E-state index in [1.54, 1.807) is 0 Å². The first-order valence-electron chi connectivity index (χ1n) is 7.31. The van der Waals surface area contributed by atoms with Gasteiger partial charge in [-0.25, -0.2) is 0 Å². The summed E-state index contributed by atoms with van der Waals surface area (Å²) in [7, 11) is 0. The van der Waals surface area contributed by atoms with Gasteiger partial charge in [0, 0.05) is 37.8 Å². The van der Waals surface area contributed by atoms with Gasteiger partial charge in [0.05, 0.1) is 0 Å². The average Bonchev–Trinajstić information content (AvgIpc) is 2.72. The van der Waals surface area contributed by atoms with Crippen molar-refractivity contribution in [2.45, 2.75) is 58.2 Å². The molecule has 0 bridgehead atoms. The molecule has 2 saturated heterocycles. The minimum Gasteiger partial charge on any atom is -0.327 e. The topological polar surface area (TPSA) is 32.5 Å². The Labute approximate surface area is 106 Å². The van der Waals surface area contributed by atoms with Crippen LogP contribution in [0.5, 0.6) is 0 Å². The molecule has 0 aliphatic carbocycles. The normalized spacial score (nSPS) is 33.0. The van der Waals surface area contributed by atoms with Gasteiger partial charge in [-0.1, -0.05) is 13.8 Å². The number of rotatable bonds is 4. The summed E-state index contributed by atoms with van der Waals surface area (Å²) >= 11 is 0. The van der Waals surface area contributed by atoms with Gasteiger partial charge >= 0.3 is 0 Å². The number of hydrogen-bond donors (Lipinski definition) is 1. The molecule has 0 spiro atoms. The van der Waals surface area contributed by atoms with Gasteiger partial charge in [-0.3, -0.25) is 9.80 Å². The van der Waals surface area contributed by atoms with E-state index in [4.69, 9.17) is 5.73 Å². The van der Waals surface area contributed by atoms with Gasteiger partial charge in [0.25, 0.3) is 0 Å². The maximum absolute atomic E-state index is 6.15. The van der Waals surface area contributed by atoms with Crippen molar-refractivity contribution in [3.63, 3.8) is 0 Å². The highest BCUT2D eigenvalue weighted by Crippen LogP contribution is 2.24. The molecule has 3 heteroatoms. The molecule has 2 N–H and O–H groups in total. The Morgan fingerprint density at radius 2 is 2.06 bits per heavy atom. The molecule has 0 aromatic rings. The second-order valence-electron chi connectivity index (χ2n) is 6.33. The van der Waals surface area contributed by atoms with Crippen molar-refractivity contribution in [3.8, 4) is 0 Å². The van der Waals surface area contributed by atoms with Crippen LogP contribution in [0.15, 0.2) is 0 Å². The van der Waals surface area contributed by atoms with Gasteiger partial charge in [0.2, 0.25) is 0 Å². The van der Waals surface area contributed by atoms with Crippen molar-refractivity contribution in [1.29, 1.82) is 0 Å². The molecule has 3 atom stereocenters. The summed E-state index contributed by atoms with van der Waals surface area (Å²) in [6.45, 7) is 11.9. The summed E-state index contributed by atoms with van der Waals surface area (Å²) < 4.78 is 0. The van der Waals surface area contributed by atoms with Crippen molar-refractivity contribution >= 4 is 0 Å². The van der Waals surface area contributed by atoms with Gasteiger partial charge < -0.3 is 5.73 Å². The zero-order chi connectivity index (χ0) is 12.4. The summed E-state index contributed by atoms with van der Waals surface area (Å²) in [5, 5.41) is 0. The van der Waals surface area contributed by atoms with Crippen LogP contribution in [0, 0.1) is 5.92 Å².